The summed E-state index contributed by atoms with van der Waals surface area (Å²) in [6.45, 7) is 0. The lowest BCUT2D eigenvalue weighted by Gasteiger charge is -2.01. The Morgan fingerprint density at radius 3 is 3.00 bits per heavy atom. The number of para-hydroxylation sites is 1. The minimum absolute atomic E-state index is 0.607. The fraction of sp³-hybridized carbons (Fsp3) is 0.100. The van der Waals surface area contributed by atoms with Gasteiger partial charge in [-0.15, -0.1) is 5.10 Å². The molecule has 2 rings (SSSR count). The summed E-state index contributed by atoms with van der Waals surface area (Å²) in [5.74, 6) is 0.783. The molecule has 4 nitrogen and oxygen atoms in total. The van der Waals surface area contributed by atoms with Crippen LogP contribution in [0.4, 0.5) is 5.13 Å². The highest BCUT2D eigenvalue weighted by atomic mass is 32.1. The van der Waals surface area contributed by atoms with Crippen molar-refractivity contribution < 1.29 is 4.74 Å². The molecule has 6 heteroatoms. The average Bonchev–Trinajstić information content (AvgIpc) is 2.73. The molecule has 0 atom stereocenters. The number of H-pyrrole nitrogens is 1. The van der Waals surface area contributed by atoms with E-state index in [0.29, 0.717) is 9.09 Å². The SMILES string of the molecule is COc1ccccc1/C=N/c1n[nH]c(=S)s1. The molecule has 2 aromatic rings. The van der Waals surface area contributed by atoms with Crippen LogP contribution in [-0.2, 0) is 0 Å². The monoisotopic (exact) mass is 251 g/mol. The number of nitrogens with one attached hydrogen (secondary N) is 1. The summed E-state index contributed by atoms with van der Waals surface area (Å²) in [7, 11) is 1.63. The summed E-state index contributed by atoms with van der Waals surface area (Å²) in [6, 6.07) is 7.65. The third-order valence-corrected chi connectivity index (χ3v) is 2.88. The number of aliphatic imine (C=N–C) groups is 1. The van der Waals surface area contributed by atoms with E-state index in [0.717, 1.165) is 11.3 Å². The van der Waals surface area contributed by atoms with E-state index in [2.05, 4.69) is 15.2 Å². The third kappa shape index (κ3) is 2.53. The fourth-order valence-electron chi connectivity index (χ4n) is 1.18. The fourth-order valence-corrected chi connectivity index (χ4v) is 1.90. The van der Waals surface area contributed by atoms with Gasteiger partial charge in [-0.3, -0.25) is 5.10 Å². The van der Waals surface area contributed by atoms with E-state index in [1.54, 1.807) is 13.3 Å². The summed E-state index contributed by atoms with van der Waals surface area (Å²) in [4.78, 5) is 4.21. The Bertz CT molecular complexity index is 559. The Kier molecular flexibility index (Phi) is 3.43. The molecule has 1 aromatic heterocycles. The third-order valence-electron chi connectivity index (χ3n) is 1.88. The van der Waals surface area contributed by atoms with Crippen LogP contribution in [0.2, 0.25) is 0 Å². The smallest absolute Gasteiger partial charge is 0.230 e. The molecule has 1 heterocycles. The minimum atomic E-state index is 0.607. The molecule has 0 radical (unpaired) electrons. The largest absolute Gasteiger partial charge is 0.496 e. The summed E-state index contributed by atoms with van der Waals surface area (Å²) < 4.78 is 5.82. The summed E-state index contributed by atoms with van der Waals surface area (Å²) in [5, 5.41) is 7.22. The number of hydrogen-bond acceptors (Lipinski definition) is 5. The quantitative estimate of drug-likeness (QED) is 0.674. The predicted octanol–water partition coefficient (Wildman–Crippen LogP) is 2.96. The van der Waals surface area contributed by atoms with E-state index in [-0.39, 0.29) is 0 Å². The number of ether oxygens (including phenoxy) is 1. The second-order valence-corrected chi connectivity index (χ2v) is 4.54. The van der Waals surface area contributed by atoms with E-state index in [1.165, 1.54) is 11.3 Å². The van der Waals surface area contributed by atoms with Gasteiger partial charge in [-0.2, -0.15) is 0 Å². The van der Waals surface area contributed by atoms with Gasteiger partial charge in [0.25, 0.3) is 0 Å². The van der Waals surface area contributed by atoms with Crippen LogP contribution >= 0.6 is 23.6 Å². The second-order valence-electron chi connectivity index (χ2n) is 2.90. The van der Waals surface area contributed by atoms with Crippen LogP contribution in [0.1, 0.15) is 5.56 Å². The van der Waals surface area contributed by atoms with Crippen molar-refractivity contribution in [2.24, 2.45) is 4.99 Å². The highest BCUT2D eigenvalue weighted by Crippen LogP contribution is 2.18. The van der Waals surface area contributed by atoms with Gasteiger partial charge in [-0.05, 0) is 24.4 Å². The molecular formula is C10H9N3OS2. The molecule has 0 bridgehead atoms. The summed E-state index contributed by atoms with van der Waals surface area (Å²) in [5.41, 5.74) is 0.908. The topological polar surface area (TPSA) is 50.3 Å². The molecule has 0 unspecified atom stereocenters. The molecule has 0 aliphatic rings. The van der Waals surface area contributed by atoms with Crippen LogP contribution in [0.3, 0.4) is 0 Å². The molecule has 0 saturated carbocycles. The highest BCUT2D eigenvalue weighted by molar-refractivity contribution is 7.73. The van der Waals surface area contributed by atoms with Gasteiger partial charge < -0.3 is 4.74 Å². The molecule has 82 valence electrons. The van der Waals surface area contributed by atoms with Crippen molar-refractivity contribution in [3.05, 3.63) is 33.8 Å². The first-order chi connectivity index (χ1) is 7.79. The second kappa shape index (κ2) is 5.00. The first-order valence-corrected chi connectivity index (χ1v) is 5.74. The lowest BCUT2D eigenvalue weighted by Crippen LogP contribution is -1.89. The van der Waals surface area contributed by atoms with Gasteiger partial charge in [0.15, 0.2) is 3.95 Å². The van der Waals surface area contributed by atoms with Crippen LogP contribution in [0.15, 0.2) is 29.3 Å². The molecule has 1 aromatic carbocycles. The number of aromatic nitrogens is 2. The van der Waals surface area contributed by atoms with E-state index in [9.17, 15) is 0 Å². The van der Waals surface area contributed by atoms with Gasteiger partial charge in [-0.1, -0.05) is 23.5 Å². The van der Waals surface area contributed by atoms with Crippen molar-refractivity contribution in [2.45, 2.75) is 0 Å². The number of aromatic amines is 1. The summed E-state index contributed by atoms with van der Waals surface area (Å²) in [6.07, 6.45) is 1.71. The normalized spacial score (nSPS) is 10.8. The first-order valence-electron chi connectivity index (χ1n) is 4.52. The Balaban J connectivity index is 2.26. The molecule has 0 aliphatic carbocycles. The lowest BCUT2D eigenvalue weighted by molar-refractivity contribution is 0.414. The number of hydrogen-bond donors (Lipinski definition) is 1. The highest BCUT2D eigenvalue weighted by Gasteiger charge is 1.98. The van der Waals surface area contributed by atoms with Crippen LogP contribution in [0.5, 0.6) is 5.75 Å². The number of benzene rings is 1. The lowest BCUT2D eigenvalue weighted by atomic mass is 10.2. The van der Waals surface area contributed by atoms with E-state index >= 15 is 0 Å². The minimum Gasteiger partial charge on any atom is -0.496 e. The van der Waals surface area contributed by atoms with Gasteiger partial charge in [-0.25, -0.2) is 4.99 Å². The zero-order valence-electron chi connectivity index (χ0n) is 8.51. The maximum absolute atomic E-state index is 5.20. The van der Waals surface area contributed by atoms with E-state index in [1.807, 2.05) is 24.3 Å². The van der Waals surface area contributed by atoms with Crippen LogP contribution in [0.25, 0.3) is 0 Å². The van der Waals surface area contributed by atoms with E-state index in [4.69, 9.17) is 17.0 Å². The number of nitrogens with zero attached hydrogens (tertiary/aromatic N) is 2. The van der Waals surface area contributed by atoms with Gasteiger partial charge in [0.2, 0.25) is 5.13 Å². The van der Waals surface area contributed by atoms with E-state index < -0.39 is 0 Å². The molecule has 0 aliphatic heterocycles. The maximum atomic E-state index is 5.20. The standard InChI is InChI=1S/C10H9N3OS2/c1-14-8-5-3-2-4-7(8)6-11-9-12-13-10(15)16-9/h2-6H,1H3,(H,13,15)/b11-6+. The number of methoxy groups -OCH3 is 1. The van der Waals surface area contributed by atoms with Gasteiger partial charge in [0.05, 0.1) is 7.11 Å². The van der Waals surface area contributed by atoms with Crippen LogP contribution in [-0.4, -0.2) is 23.5 Å². The first kappa shape index (κ1) is 11.0. The maximum Gasteiger partial charge on any atom is 0.230 e. The molecule has 0 amide bonds. The van der Waals surface area contributed by atoms with Crippen molar-refractivity contribution in [3.8, 4) is 5.75 Å². The Hall–Kier alpha value is -1.53. The Morgan fingerprint density at radius 1 is 1.50 bits per heavy atom. The van der Waals surface area contributed by atoms with Crippen molar-refractivity contribution in [1.82, 2.24) is 10.2 Å². The predicted molar refractivity (Wildman–Crippen MR) is 67.5 cm³/mol. The zero-order valence-corrected chi connectivity index (χ0v) is 10.1. The molecule has 0 spiro atoms. The molecule has 0 saturated heterocycles. The zero-order chi connectivity index (χ0) is 11.4. The van der Waals surface area contributed by atoms with Crippen LogP contribution < -0.4 is 4.74 Å². The average molecular weight is 251 g/mol. The van der Waals surface area contributed by atoms with Crippen molar-refractivity contribution >= 4 is 34.9 Å². The summed E-state index contributed by atoms with van der Waals surface area (Å²) >= 11 is 6.24. The van der Waals surface area contributed by atoms with Gasteiger partial charge >= 0.3 is 0 Å². The molecular weight excluding hydrogens is 242 g/mol. The number of rotatable bonds is 3. The van der Waals surface area contributed by atoms with Crippen molar-refractivity contribution in [2.75, 3.05) is 7.11 Å². The Morgan fingerprint density at radius 2 is 2.31 bits per heavy atom. The molecule has 16 heavy (non-hydrogen) atoms. The Labute approximate surface area is 102 Å². The van der Waals surface area contributed by atoms with Gasteiger partial charge in [0.1, 0.15) is 5.75 Å². The van der Waals surface area contributed by atoms with Gasteiger partial charge in [0, 0.05) is 11.8 Å². The van der Waals surface area contributed by atoms with Crippen molar-refractivity contribution in [1.29, 1.82) is 0 Å². The van der Waals surface area contributed by atoms with Crippen LogP contribution in [0, 0.1) is 3.95 Å². The molecule has 0 fully saturated rings. The van der Waals surface area contributed by atoms with Crippen molar-refractivity contribution in [3.63, 3.8) is 0 Å². The molecule has 1 N–H and O–H groups in total.